The summed E-state index contributed by atoms with van der Waals surface area (Å²) in [4.78, 5) is 12.5. The van der Waals surface area contributed by atoms with Gasteiger partial charge in [0.05, 0.1) is 4.92 Å². The van der Waals surface area contributed by atoms with E-state index in [0.717, 1.165) is 25.1 Å². The van der Waals surface area contributed by atoms with Crippen LogP contribution in [0, 0.1) is 16.0 Å². The number of aliphatic hydroxyl groups excluding tert-OH is 1. The molecule has 98 valence electrons. The van der Waals surface area contributed by atoms with E-state index in [1.807, 2.05) is 6.07 Å². The predicted molar refractivity (Wildman–Crippen MR) is 68.6 cm³/mol. The Hall–Kier alpha value is -1.17. The minimum absolute atomic E-state index is 0.0490. The Kier molecular flexibility index (Phi) is 4.16. The van der Waals surface area contributed by atoms with Crippen LogP contribution in [-0.4, -0.2) is 34.6 Å². The van der Waals surface area contributed by atoms with Gasteiger partial charge in [-0.1, -0.05) is 17.7 Å². The van der Waals surface area contributed by atoms with E-state index in [0.29, 0.717) is 12.5 Å². The van der Waals surface area contributed by atoms with Crippen molar-refractivity contribution in [2.24, 2.45) is 5.92 Å². The van der Waals surface area contributed by atoms with Crippen molar-refractivity contribution in [2.45, 2.75) is 13.0 Å². The molecule has 1 aliphatic rings. The molecule has 1 N–H and O–H groups in total. The van der Waals surface area contributed by atoms with Gasteiger partial charge in [0.1, 0.15) is 5.02 Å². The van der Waals surface area contributed by atoms with Gasteiger partial charge >= 0.3 is 0 Å². The fraction of sp³-hybridized carbons (Fsp3) is 0.500. The van der Waals surface area contributed by atoms with E-state index in [2.05, 4.69) is 4.90 Å². The van der Waals surface area contributed by atoms with Gasteiger partial charge in [0, 0.05) is 25.8 Å². The molecule has 0 saturated carbocycles. The monoisotopic (exact) mass is 270 g/mol. The van der Waals surface area contributed by atoms with Crippen molar-refractivity contribution in [2.75, 3.05) is 19.7 Å². The number of rotatable bonds is 4. The van der Waals surface area contributed by atoms with Crippen LogP contribution in [0.1, 0.15) is 12.0 Å². The SMILES string of the molecule is O=[N+]([O-])c1cc(CN2CCC(CO)C2)ccc1Cl. The molecule has 1 aromatic carbocycles. The topological polar surface area (TPSA) is 66.6 Å². The fourth-order valence-corrected chi connectivity index (χ4v) is 2.45. The van der Waals surface area contributed by atoms with Gasteiger partial charge in [0.15, 0.2) is 0 Å². The molecule has 0 spiro atoms. The van der Waals surface area contributed by atoms with Crippen LogP contribution >= 0.6 is 11.6 Å². The van der Waals surface area contributed by atoms with E-state index in [1.165, 1.54) is 6.07 Å². The van der Waals surface area contributed by atoms with Crippen molar-refractivity contribution in [3.63, 3.8) is 0 Å². The number of nitro groups is 1. The summed E-state index contributed by atoms with van der Waals surface area (Å²) >= 11 is 5.77. The summed E-state index contributed by atoms with van der Waals surface area (Å²) < 4.78 is 0. The Morgan fingerprint density at radius 1 is 1.56 bits per heavy atom. The summed E-state index contributed by atoms with van der Waals surface area (Å²) in [6.45, 7) is 2.63. The van der Waals surface area contributed by atoms with Crippen molar-refractivity contribution in [3.8, 4) is 0 Å². The fourth-order valence-electron chi connectivity index (χ4n) is 2.26. The first-order chi connectivity index (χ1) is 8.60. The Bertz CT molecular complexity index is 453. The van der Waals surface area contributed by atoms with E-state index in [-0.39, 0.29) is 17.3 Å². The van der Waals surface area contributed by atoms with E-state index in [1.54, 1.807) is 6.07 Å². The third-order valence-electron chi connectivity index (χ3n) is 3.24. The molecule has 0 aliphatic carbocycles. The van der Waals surface area contributed by atoms with E-state index < -0.39 is 4.92 Å². The van der Waals surface area contributed by atoms with Crippen LogP contribution < -0.4 is 0 Å². The van der Waals surface area contributed by atoms with Crippen molar-refractivity contribution in [1.29, 1.82) is 0 Å². The lowest BCUT2D eigenvalue weighted by Crippen LogP contribution is -2.21. The van der Waals surface area contributed by atoms with Crippen molar-refractivity contribution >= 4 is 17.3 Å². The number of hydrogen-bond acceptors (Lipinski definition) is 4. The normalized spacial score (nSPS) is 20.2. The number of nitro benzene ring substituents is 1. The van der Waals surface area contributed by atoms with Crippen molar-refractivity contribution < 1.29 is 10.0 Å². The van der Waals surface area contributed by atoms with Gasteiger partial charge in [0.25, 0.3) is 5.69 Å². The van der Waals surface area contributed by atoms with Crippen LogP contribution in [0.25, 0.3) is 0 Å². The lowest BCUT2D eigenvalue weighted by molar-refractivity contribution is -0.384. The highest BCUT2D eigenvalue weighted by Crippen LogP contribution is 2.26. The lowest BCUT2D eigenvalue weighted by Gasteiger charge is -2.15. The molecule has 6 heteroatoms. The molecule has 0 amide bonds. The minimum atomic E-state index is -0.466. The number of aliphatic hydroxyl groups is 1. The summed E-state index contributed by atoms with van der Waals surface area (Å²) in [6, 6.07) is 4.89. The van der Waals surface area contributed by atoms with Crippen molar-refractivity contribution in [3.05, 3.63) is 38.9 Å². The zero-order valence-electron chi connectivity index (χ0n) is 9.88. The lowest BCUT2D eigenvalue weighted by atomic mass is 10.1. The molecule has 1 saturated heterocycles. The van der Waals surface area contributed by atoms with Crippen LogP contribution in [-0.2, 0) is 6.54 Å². The van der Waals surface area contributed by atoms with Gasteiger partial charge in [0.2, 0.25) is 0 Å². The number of likely N-dealkylation sites (tertiary alicyclic amines) is 1. The second-order valence-electron chi connectivity index (χ2n) is 4.62. The highest BCUT2D eigenvalue weighted by molar-refractivity contribution is 6.32. The zero-order valence-corrected chi connectivity index (χ0v) is 10.6. The number of nitrogens with zero attached hydrogens (tertiary/aromatic N) is 2. The van der Waals surface area contributed by atoms with E-state index in [4.69, 9.17) is 16.7 Å². The molecule has 1 aliphatic heterocycles. The molecule has 18 heavy (non-hydrogen) atoms. The molecule has 0 radical (unpaired) electrons. The Labute approximate surface area is 110 Å². The molecule has 1 unspecified atom stereocenters. The summed E-state index contributed by atoms with van der Waals surface area (Å²) in [5.41, 5.74) is 0.830. The second-order valence-corrected chi connectivity index (χ2v) is 5.02. The Morgan fingerprint density at radius 2 is 2.33 bits per heavy atom. The summed E-state index contributed by atoms with van der Waals surface area (Å²) in [5, 5.41) is 20.0. The first-order valence-corrected chi connectivity index (χ1v) is 6.24. The molecule has 1 atom stereocenters. The highest BCUT2D eigenvalue weighted by Gasteiger charge is 2.22. The van der Waals surface area contributed by atoms with Crippen LogP contribution in [0.15, 0.2) is 18.2 Å². The first kappa shape index (κ1) is 13.3. The summed E-state index contributed by atoms with van der Waals surface area (Å²) in [6.07, 6.45) is 0.978. The van der Waals surface area contributed by atoms with Gasteiger partial charge in [-0.25, -0.2) is 0 Å². The second kappa shape index (κ2) is 5.65. The third kappa shape index (κ3) is 2.98. The number of benzene rings is 1. The summed E-state index contributed by atoms with van der Waals surface area (Å²) in [5.74, 6) is 0.326. The maximum Gasteiger partial charge on any atom is 0.288 e. The van der Waals surface area contributed by atoms with Crippen LogP contribution in [0.2, 0.25) is 5.02 Å². The van der Waals surface area contributed by atoms with Crippen LogP contribution in [0.3, 0.4) is 0 Å². The summed E-state index contributed by atoms with van der Waals surface area (Å²) in [7, 11) is 0. The first-order valence-electron chi connectivity index (χ1n) is 5.86. The molecule has 1 aromatic rings. The molecule has 0 aromatic heterocycles. The smallest absolute Gasteiger partial charge is 0.288 e. The Morgan fingerprint density at radius 3 is 2.94 bits per heavy atom. The zero-order chi connectivity index (χ0) is 13.1. The standard InChI is InChI=1S/C12H15ClN2O3/c13-11-2-1-9(5-12(11)15(17)18)6-14-4-3-10(7-14)8-16/h1-2,5,10,16H,3-4,6-8H2. The molecule has 0 bridgehead atoms. The maximum absolute atomic E-state index is 10.8. The molecular formula is C12H15ClN2O3. The molecule has 1 fully saturated rings. The molecule has 5 nitrogen and oxygen atoms in total. The van der Waals surface area contributed by atoms with Gasteiger partial charge in [-0.2, -0.15) is 0 Å². The van der Waals surface area contributed by atoms with Gasteiger partial charge < -0.3 is 5.11 Å². The van der Waals surface area contributed by atoms with Gasteiger partial charge in [-0.3, -0.25) is 15.0 Å². The molecular weight excluding hydrogens is 256 g/mol. The molecule has 1 heterocycles. The number of hydrogen-bond donors (Lipinski definition) is 1. The largest absolute Gasteiger partial charge is 0.396 e. The quantitative estimate of drug-likeness (QED) is 0.672. The Balaban J connectivity index is 2.06. The van der Waals surface area contributed by atoms with Crippen molar-refractivity contribution in [1.82, 2.24) is 4.90 Å². The van der Waals surface area contributed by atoms with Gasteiger partial charge in [-0.05, 0) is 30.5 Å². The van der Waals surface area contributed by atoms with Crippen LogP contribution in [0.4, 0.5) is 5.69 Å². The van der Waals surface area contributed by atoms with Gasteiger partial charge in [-0.15, -0.1) is 0 Å². The van der Waals surface area contributed by atoms with E-state index in [9.17, 15) is 10.1 Å². The molecule has 2 rings (SSSR count). The third-order valence-corrected chi connectivity index (χ3v) is 3.56. The van der Waals surface area contributed by atoms with E-state index >= 15 is 0 Å². The number of halogens is 1. The minimum Gasteiger partial charge on any atom is -0.396 e. The average molecular weight is 271 g/mol. The highest BCUT2D eigenvalue weighted by atomic mass is 35.5. The average Bonchev–Trinajstić information content (AvgIpc) is 2.79. The predicted octanol–water partition coefficient (Wildman–Crippen LogP) is 2.06. The van der Waals surface area contributed by atoms with Crippen LogP contribution in [0.5, 0.6) is 0 Å². The maximum atomic E-state index is 10.8.